The summed E-state index contributed by atoms with van der Waals surface area (Å²) < 4.78 is 18.8. The largest absolute Gasteiger partial charge is 0.379 e. The van der Waals surface area contributed by atoms with Crippen molar-refractivity contribution in [3.8, 4) is 0 Å². The number of nitrogens with two attached hydrogens (primary N) is 1. The Labute approximate surface area is 116 Å². The summed E-state index contributed by atoms with van der Waals surface area (Å²) in [5.74, 6) is -0.690. The van der Waals surface area contributed by atoms with E-state index in [1.54, 1.807) is 13.1 Å². The normalized spacial score (nSPS) is 22.5. The minimum Gasteiger partial charge on any atom is -0.379 e. The lowest BCUT2D eigenvalue weighted by molar-refractivity contribution is -0.136. The average molecular weight is 287 g/mol. The molecular formula is C13H16ClFN2O2. The molecule has 0 spiro atoms. The van der Waals surface area contributed by atoms with Crippen molar-refractivity contribution in [2.75, 3.05) is 20.3 Å². The smallest absolute Gasteiger partial charge is 0.245 e. The van der Waals surface area contributed by atoms with E-state index in [4.69, 9.17) is 22.1 Å². The van der Waals surface area contributed by atoms with Gasteiger partial charge in [-0.25, -0.2) is 4.39 Å². The summed E-state index contributed by atoms with van der Waals surface area (Å²) in [5, 5.41) is 0.299. The first kappa shape index (κ1) is 14.2. The first-order valence-electron chi connectivity index (χ1n) is 5.99. The molecule has 1 unspecified atom stereocenters. The van der Waals surface area contributed by atoms with E-state index in [0.29, 0.717) is 23.6 Å². The van der Waals surface area contributed by atoms with Gasteiger partial charge in [0.1, 0.15) is 11.4 Å². The quantitative estimate of drug-likeness (QED) is 0.917. The van der Waals surface area contributed by atoms with Crippen LogP contribution in [-0.2, 0) is 16.1 Å². The topological polar surface area (TPSA) is 55.6 Å². The molecule has 0 radical (unpaired) electrons. The highest BCUT2D eigenvalue weighted by Crippen LogP contribution is 2.23. The van der Waals surface area contributed by atoms with Crippen LogP contribution in [0.1, 0.15) is 12.0 Å². The van der Waals surface area contributed by atoms with Gasteiger partial charge in [0.05, 0.1) is 6.61 Å². The number of carbonyl (C=O) groups excluding carboxylic acids is 1. The van der Waals surface area contributed by atoms with Gasteiger partial charge in [0.15, 0.2) is 0 Å². The van der Waals surface area contributed by atoms with Gasteiger partial charge in [-0.3, -0.25) is 4.79 Å². The summed E-state index contributed by atoms with van der Waals surface area (Å²) in [4.78, 5) is 13.6. The highest BCUT2D eigenvalue weighted by molar-refractivity contribution is 6.31. The SMILES string of the molecule is CN(Cc1c(F)cccc1Cl)C(=O)C1(N)CCOC1. The van der Waals surface area contributed by atoms with Crippen LogP contribution in [0.4, 0.5) is 4.39 Å². The molecule has 0 bridgehead atoms. The van der Waals surface area contributed by atoms with Gasteiger partial charge in [0.2, 0.25) is 5.91 Å². The van der Waals surface area contributed by atoms with Gasteiger partial charge >= 0.3 is 0 Å². The fourth-order valence-corrected chi connectivity index (χ4v) is 2.34. The predicted molar refractivity (Wildman–Crippen MR) is 70.2 cm³/mol. The summed E-state index contributed by atoms with van der Waals surface area (Å²) >= 11 is 5.94. The molecule has 1 aliphatic heterocycles. The Hall–Kier alpha value is -1.17. The molecule has 1 aromatic rings. The van der Waals surface area contributed by atoms with Gasteiger partial charge in [-0.2, -0.15) is 0 Å². The number of benzene rings is 1. The fraction of sp³-hybridized carbons (Fsp3) is 0.462. The number of hydrogen-bond acceptors (Lipinski definition) is 3. The van der Waals surface area contributed by atoms with E-state index in [9.17, 15) is 9.18 Å². The molecule has 4 nitrogen and oxygen atoms in total. The summed E-state index contributed by atoms with van der Waals surface area (Å²) in [7, 11) is 1.58. The molecule has 6 heteroatoms. The zero-order valence-electron chi connectivity index (χ0n) is 10.7. The van der Waals surface area contributed by atoms with Gasteiger partial charge in [0.25, 0.3) is 0 Å². The lowest BCUT2D eigenvalue weighted by atomic mass is 9.98. The Bertz CT molecular complexity index is 469. The Kier molecular flexibility index (Phi) is 4.08. The molecule has 1 heterocycles. The fourth-order valence-electron chi connectivity index (χ4n) is 2.12. The molecule has 0 aliphatic carbocycles. The van der Waals surface area contributed by atoms with Gasteiger partial charge in [-0.15, -0.1) is 0 Å². The molecule has 1 amide bonds. The van der Waals surface area contributed by atoms with Crippen molar-refractivity contribution in [2.24, 2.45) is 5.73 Å². The molecule has 1 aromatic carbocycles. The molecular weight excluding hydrogens is 271 g/mol. The van der Waals surface area contributed by atoms with Gasteiger partial charge < -0.3 is 15.4 Å². The second-order valence-corrected chi connectivity index (χ2v) is 5.23. The van der Waals surface area contributed by atoms with Crippen molar-refractivity contribution in [3.63, 3.8) is 0 Å². The lowest BCUT2D eigenvalue weighted by Gasteiger charge is -2.27. The molecule has 1 aliphatic rings. The van der Waals surface area contributed by atoms with Crippen LogP contribution in [0.5, 0.6) is 0 Å². The Balaban J connectivity index is 2.13. The molecule has 0 aromatic heterocycles. The predicted octanol–water partition coefficient (Wildman–Crippen LogP) is 1.56. The number of likely N-dealkylation sites (N-methyl/N-ethyl adjacent to an activating group) is 1. The summed E-state index contributed by atoms with van der Waals surface area (Å²) in [5.41, 5.74) is 5.28. The van der Waals surface area contributed by atoms with Gasteiger partial charge in [-0.05, 0) is 18.6 Å². The van der Waals surface area contributed by atoms with Crippen LogP contribution in [-0.4, -0.2) is 36.6 Å². The summed E-state index contributed by atoms with van der Waals surface area (Å²) in [6.45, 7) is 0.751. The van der Waals surface area contributed by atoms with Crippen molar-refractivity contribution in [1.29, 1.82) is 0 Å². The van der Waals surface area contributed by atoms with Crippen molar-refractivity contribution >= 4 is 17.5 Å². The molecule has 0 saturated carbocycles. The van der Waals surface area contributed by atoms with Crippen molar-refractivity contribution in [3.05, 3.63) is 34.6 Å². The highest BCUT2D eigenvalue weighted by atomic mass is 35.5. The van der Waals surface area contributed by atoms with Crippen LogP contribution in [0.25, 0.3) is 0 Å². The third-order valence-corrected chi connectivity index (χ3v) is 3.64. The number of hydrogen-bond donors (Lipinski definition) is 1. The zero-order chi connectivity index (χ0) is 14.0. The maximum Gasteiger partial charge on any atom is 0.245 e. The summed E-state index contributed by atoms with van der Waals surface area (Å²) in [6.07, 6.45) is 0.473. The Morgan fingerprint density at radius 2 is 2.37 bits per heavy atom. The number of ether oxygens (including phenoxy) is 1. The number of rotatable bonds is 3. The number of amides is 1. The van der Waals surface area contributed by atoms with Crippen LogP contribution in [0, 0.1) is 5.82 Å². The number of carbonyl (C=O) groups is 1. The van der Waals surface area contributed by atoms with E-state index in [1.165, 1.54) is 17.0 Å². The molecule has 1 fully saturated rings. The van der Waals surface area contributed by atoms with Crippen LogP contribution < -0.4 is 5.73 Å². The molecule has 104 valence electrons. The van der Waals surface area contributed by atoms with Crippen molar-refractivity contribution < 1.29 is 13.9 Å². The van der Waals surface area contributed by atoms with Gasteiger partial charge in [0, 0.05) is 30.8 Å². The summed E-state index contributed by atoms with van der Waals surface area (Å²) in [6, 6.07) is 4.43. The van der Waals surface area contributed by atoms with E-state index in [-0.39, 0.29) is 19.1 Å². The standard InChI is InChI=1S/C13H16ClFN2O2/c1-17(12(18)13(16)5-6-19-8-13)7-9-10(14)3-2-4-11(9)15/h2-4H,5-8,16H2,1H3. The maximum atomic E-state index is 13.7. The first-order chi connectivity index (χ1) is 8.94. The lowest BCUT2D eigenvalue weighted by Crippen LogP contribution is -2.54. The zero-order valence-corrected chi connectivity index (χ0v) is 11.4. The minimum absolute atomic E-state index is 0.0866. The third-order valence-electron chi connectivity index (χ3n) is 3.28. The Morgan fingerprint density at radius 1 is 1.63 bits per heavy atom. The third kappa shape index (κ3) is 2.88. The Morgan fingerprint density at radius 3 is 2.95 bits per heavy atom. The van der Waals surface area contributed by atoms with E-state index < -0.39 is 11.4 Å². The van der Waals surface area contributed by atoms with E-state index in [2.05, 4.69) is 0 Å². The van der Waals surface area contributed by atoms with Crippen molar-refractivity contribution in [1.82, 2.24) is 4.90 Å². The van der Waals surface area contributed by atoms with Gasteiger partial charge in [-0.1, -0.05) is 17.7 Å². The van der Waals surface area contributed by atoms with E-state index in [1.807, 2.05) is 0 Å². The molecule has 2 rings (SSSR count). The van der Waals surface area contributed by atoms with Crippen molar-refractivity contribution in [2.45, 2.75) is 18.5 Å². The van der Waals surface area contributed by atoms with Crippen LogP contribution in [0.15, 0.2) is 18.2 Å². The molecule has 1 atom stereocenters. The average Bonchev–Trinajstić information content (AvgIpc) is 2.81. The maximum absolute atomic E-state index is 13.7. The van der Waals surface area contributed by atoms with Crippen LogP contribution in [0.3, 0.4) is 0 Å². The molecule has 19 heavy (non-hydrogen) atoms. The highest BCUT2D eigenvalue weighted by Gasteiger charge is 2.40. The molecule has 1 saturated heterocycles. The first-order valence-corrected chi connectivity index (χ1v) is 6.37. The second kappa shape index (κ2) is 5.45. The van der Waals surface area contributed by atoms with Crippen LogP contribution >= 0.6 is 11.6 Å². The number of nitrogens with zero attached hydrogens (tertiary/aromatic N) is 1. The van der Waals surface area contributed by atoms with Crippen LogP contribution in [0.2, 0.25) is 5.02 Å². The minimum atomic E-state index is -1.01. The van der Waals surface area contributed by atoms with E-state index >= 15 is 0 Å². The second-order valence-electron chi connectivity index (χ2n) is 4.82. The number of halogens is 2. The van der Waals surface area contributed by atoms with E-state index in [0.717, 1.165) is 0 Å². The molecule has 2 N–H and O–H groups in total. The monoisotopic (exact) mass is 286 g/mol.